The van der Waals surface area contributed by atoms with Gasteiger partial charge in [0, 0.05) is 17.8 Å². The third-order valence-corrected chi connectivity index (χ3v) is 6.21. The second-order valence-corrected chi connectivity index (χ2v) is 8.86. The summed E-state index contributed by atoms with van der Waals surface area (Å²) in [6.45, 7) is 4.73. The van der Waals surface area contributed by atoms with Crippen LogP contribution < -0.4 is 4.90 Å². The summed E-state index contributed by atoms with van der Waals surface area (Å²) >= 11 is 0. The fourth-order valence-corrected chi connectivity index (χ4v) is 4.10. The summed E-state index contributed by atoms with van der Waals surface area (Å²) in [5.74, 6) is -2.40. The van der Waals surface area contributed by atoms with Gasteiger partial charge in [-0.25, -0.2) is 9.18 Å². The van der Waals surface area contributed by atoms with Crippen LogP contribution in [0.25, 0.3) is 11.1 Å². The van der Waals surface area contributed by atoms with Crippen LogP contribution in [-0.2, 0) is 6.42 Å². The third-order valence-electron chi connectivity index (χ3n) is 6.21. The van der Waals surface area contributed by atoms with Crippen LogP contribution in [0.15, 0.2) is 66.7 Å². The van der Waals surface area contributed by atoms with E-state index in [0.29, 0.717) is 17.8 Å². The number of carbonyl (C=O) groups is 2. The Kier molecular flexibility index (Phi) is 9.59. The maximum atomic E-state index is 14.0. The van der Waals surface area contributed by atoms with E-state index in [-0.39, 0.29) is 5.91 Å². The number of hydrogen-bond donors (Lipinski definition) is 1. The molecule has 0 saturated heterocycles. The summed E-state index contributed by atoms with van der Waals surface area (Å²) < 4.78 is 14.0. The van der Waals surface area contributed by atoms with Gasteiger partial charge in [-0.3, -0.25) is 4.79 Å². The number of anilines is 1. The van der Waals surface area contributed by atoms with Crippen LogP contribution in [0.3, 0.4) is 0 Å². The first-order chi connectivity index (χ1) is 16.9. The van der Waals surface area contributed by atoms with E-state index in [1.807, 2.05) is 12.1 Å². The van der Waals surface area contributed by atoms with Crippen LogP contribution in [0, 0.1) is 5.82 Å². The van der Waals surface area contributed by atoms with E-state index in [1.165, 1.54) is 30.5 Å². The maximum Gasteiger partial charge on any atom is 0.338 e. The van der Waals surface area contributed by atoms with Crippen molar-refractivity contribution >= 4 is 17.6 Å². The molecule has 1 amide bonds. The van der Waals surface area contributed by atoms with Gasteiger partial charge in [0.05, 0.1) is 5.56 Å². The molecule has 1 N–H and O–H groups in total. The molecule has 3 aromatic rings. The van der Waals surface area contributed by atoms with Gasteiger partial charge in [0.15, 0.2) is 0 Å². The van der Waals surface area contributed by atoms with E-state index in [2.05, 4.69) is 38.1 Å². The van der Waals surface area contributed by atoms with Gasteiger partial charge in [-0.15, -0.1) is 0 Å². The number of carbonyl (C=O) groups excluding carboxylic acids is 1. The molecular formula is C30H34FNO3. The number of nitrogens with zero attached hydrogens (tertiary/aromatic N) is 1. The van der Waals surface area contributed by atoms with E-state index in [4.69, 9.17) is 0 Å². The van der Waals surface area contributed by atoms with Crippen molar-refractivity contribution in [3.8, 4) is 11.1 Å². The minimum atomic E-state index is -1.35. The molecule has 0 heterocycles. The fourth-order valence-electron chi connectivity index (χ4n) is 4.10. The Morgan fingerprint density at radius 3 is 2.03 bits per heavy atom. The molecule has 184 valence electrons. The lowest BCUT2D eigenvalue weighted by Gasteiger charge is -2.24. The largest absolute Gasteiger partial charge is 0.478 e. The number of rotatable bonds is 12. The van der Waals surface area contributed by atoms with Crippen LogP contribution in [0.4, 0.5) is 10.1 Å². The molecule has 3 rings (SSSR count). The minimum absolute atomic E-state index is 0.231. The number of hydrogen-bond acceptors (Lipinski definition) is 2. The molecule has 0 aliphatic carbocycles. The lowest BCUT2D eigenvalue weighted by Crippen LogP contribution is -2.32. The Morgan fingerprint density at radius 2 is 1.43 bits per heavy atom. The Balaban J connectivity index is 1.83. The van der Waals surface area contributed by atoms with Gasteiger partial charge in [-0.05, 0) is 66.3 Å². The van der Waals surface area contributed by atoms with Gasteiger partial charge in [0.25, 0.3) is 5.91 Å². The topological polar surface area (TPSA) is 57.6 Å². The first kappa shape index (κ1) is 26.1. The Morgan fingerprint density at radius 1 is 0.800 bits per heavy atom. The monoisotopic (exact) mass is 475 g/mol. The molecule has 0 aromatic heterocycles. The zero-order valence-corrected chi connectivity index (χ0v) is 20.6. The van der Waals surface area contributed by atoms with E-state index in [9.17, 15) is 19.1 Å². The number of benzene rings is 3. The average Bonchev–Trinajstić information content (AvgIpc) is 2.88. The third kappa shape index (κ3) is 7.01. The molecule has 5 heteroatoms. The summed E-state index contributed by atoms with van der Waals surface area (Å²) in [5, 5.41) is 9.33. The van der Waals surface area contributed by atoms with Crippen molar-refractivity contribution in [2.45, 2.75) is 58.8 Å². The van der Waals surface area contributed by atoms with Crippen LogP contribution in [0.1, 0.15) is 78.7 Å². The van der Waals surface area contributed by atoms with Crippen molar-refractivity contribution in [3.63, 3.8) is 0 Å². The van der Waals surface area contributed by atoms with Gasteiger partial charge in [0.1, 0.15) is 5.82 Å². The maximum absolute atomic E-state index is 14.0. The molecule has 3 aromatic carbocycles. The van der Waals surface area contributed by atoms with Gasteiger partial charge >= 0.3 is 5.97 Å². The molecule has 0 unspecified atom stereocenters. The van der Waals surface area contributed by atoms with Crippen LogP contribution in [0.5, 0.6) is 0 Å². The summed E-state index contributed by atoms with van der Waals surface area (Å²) in [6.07, 6.45) is 7.27. The molecule has 0 fully saturated rings. The van der Waals surface area contributed by atoms with Gasteiger partial charge in [0.2, 0.25) is 0 Å². The Labute approximate surface area is 207 Å². The smallest absolute Gasteiger partial charge is 0.338 e. The summed E-state index contributed by atoms with van der Waals surface area (Å²) in [7, 11) is 0. The molecular weight excluding hydrogens is 441 g/mol. The van der Waals surface area contributed by atoms with Gasteiger partial charge < -0.3 is 10.0 Å². The number of aryl methyl sites for hydroxylation is 1. The standard InChI is InChI=1S/C30H34FNO3/c1-3-5-7-8-20-32(26-18-19-28(31)27(21-26)30(34)35)29(33)25-16-14-24(15-17-25)23-12-10-22(11-13-23)9-6-4-2/h10-19,21H,3-9,20H2,1-2H3,(H,34,35). The van der Waals surface area contributed by atoms with E-state index in [0.717, 1.165) is 49.3 Å². The molecule has 4 nitrogen and oxygen atoms in total. The molecule has 0 aliphatic rings. The highest BCUT2D eigenvalue weighted by Gasteiger charge is 2.20. The predicted molar refractivity (Wildman–Crippen MR) is 140 cm³/mol. The predicted octanol–water partition coefficient (Wildman–Crippen LogP) is 7.76. The zero-order chi connectivity index (χ0) is 25.2. The second-order valence-electron chi connectivity index (χ2n) is 8.86. The summed E-state index contributed by atoms with van der Waals surface area (Å²) in [6, 6.07) is 19.8. The molecule has 0 bridgehead atoms. The molecule has 0 spiro atoms. The van der Waals surface area contributed by atoms with Crippen molar-refractivity contribution < 1.29 is 19.1 Å². The number of carboxylic acids is 1. The van der Waals surface area contributed by atoms with Crippen molar-refractivity contribution in [2.75, 3.05) is 11.4 Å². The van der Waals surface area contributed by atoms with Crippen LogP contribution in [0.2, 0.25) is 0 Å². The average molecular weight is 476 g/mol. The number of halogens is 1. The normalized spacial score (nSPS) is 10.8. The highest BCUT2D eigenvalue weighted by molar-refractivity contribution is 6.06. The number of amides is 1. The van der Waals surface area contributed by atoms with Gasteiger partial charge in [-0.2, -0.15) is 0 Å². The summed E-state index contributed by atoms with van der Waals surface area (Å²) in [5.41, 5.74) is 3.88. The van der Waals surface area contributed by atoms with Crippen molar-refractivity contribution in [1.82, 2.24) is 0 Å². The Bertz CT molecular complexity index is 1120. The van der Waals surface area contributed by atoms with E-state index >= 15 is 0 Å². The highest BCUT2D eigenvalue weighted by Crippen LogP contribution is 2.25. The fraction of sp³-hybridized carbons (Fsp3) is 0.333. The SMILES string of the molecule is CCCCCCN(C(=O)c1ccc(-c2ccc(CCCC)cc2)cc1)c1ccc(F)c(C(=O)O)c1. The molecule has 0 aliphatic heterocycles. The van der Waals surface area contributed by atoms with Crippen LogP contribution >= 0.6 is 0 Å². The van der Waals surface area contributed by atoms with Crippen LogP contribution in [-0.4, -0.2) is 23.5 Å². The minimum Gasteiger partial charge on any atom is -0.478 e. The van der Waals surface area contributed by atoms with E-state index in [1.54, 1.807) is 17.0 Å². The molecule has 0 atom stereocenters. The van der Waals surface area contributed by atoms with Gasteiger partial charge in [-0.1, -0.05) is 75.9 Å². The first-order valence-electron chi connectivity index (χ1n) is 12.5. The first-order valence-corrected chi connectivity index (χ1v) is 12.5. The highest BCUT2D eigenvalue weighted by atomic mass is 19.1. The second kappa shape index (κ2) is 12.8. The Hall–Kier alpha value is -3.47. The van der Waals surface area contributed by atoms with E-state index < -0.39 is 17.3 Å². The number of unbranched alkanes of at least 4 members (excludes halogenated alkanes) is 4. The van der Waals surface area contributed by atoms with Crippen molar-refractivity contribution in [1.29, 1.82) is 0 Å². The molecule has 0 radical (unpaired) electrons. The lowest BCUT2D eigenvalue weighted by atomic mass is 10.0. The lowest BCUT2D eigenvalue weighted by molar-refractivity contribution is 0.0691. The number of aromatic carboxylic acids is 1. The van der Waals surface area contributed by atoms with Crippen molar-refractivity contribution in [3.05, 3.63) is 89.2 Å². The molecule has 0 saturated carbocycles. The molecule has 35 heavy (non-hydrogen) atoms. The quantitative estimate of drug-likeness (QED) is 0.272. The zero-order valence-electron chi connectivity index (χ0n) is 20.6. The van der Waals surface area contributed by atoms with Crippen molar-refractivity contribution in [2.24, 2.45) is 0 Å². The summed E-state index contributed by atoms with van der Waals surface area (Å²) in [4.78, 5) is 26.4. The number of carboxylic acid groups (broad SMARTS) is 1.